The number of para-hydroxylation sites is 2. The molecule has 6 nitrogen and oxygen atoms in total. The summed E-state index contributed by atoms with van der Waals surface area (Å²) in [5.74, 6) is 1.60. The summed E-state index contributed by atoms with van der Waals surface area (Å²) >= 11 is 1.02. The standard InChI is InChI=1S/C19H23F3N6S.HI/c1-13-26-14-6-3-4-7-15(14)28(13)11-5-9-24-18(23-2)25-10-8-17-27-16(12-29-17)19(20,21)22;/h3-4,6-7,12H,5,8-11H2,1-2H3,(H2,23,24,25);1H. The van der Waals surface area contributed by atoms with Gasteiger partial charge in [-0.15, -0.1) is 35.3 Å². The third-order valence-electron chi connectivity index (χ3n) is 4.39. The normalized spacial score (nSPS) is 12.1. The number of aliphatic imine (C=N–C) groups is 1. The molecule has 0 saturated heterocycles. The van der Waals surface area contributed by atoms with E-state index in [1.807, 2.05) is 25.1 Å². The number of hydrogen-bond donors (Lipinski definition) is 2. The lowest BCUT2D eigenvalue weighted by Crippen LogP contribution is -2.39. The number of fused-ring (bicyclic) bond motifs is 1. The molecule has 0 aliphatic heterocycles. The van der Waals surface area contributed by atoms with E-state index in [4.69, 9.17) is 0 Å². The van der Waals surface area contributed by atoms with Crippen LogP contribution in [0, 0.1) is 6.92 Å². The third kappa shape index (κ3) is 6.30. The molecule has 0 atom stereocenters. The van der Waals surface area contributed by atoms with Gasteiger partial charge < -0.3 is 15.2 Å². The zero-order valence-corrected chi connectivity index (χ0v) is 19.8. The topological polar surface area (TPSA) is 67.1 Å². The molecule has 0 aliphatic carbocycles. The van der Waals surface area contributed by atoms with Crippen molar-refractivity contribution in [2.45, 2.75) is 32.5 Å². The highest BCUT2D eigenvalue weighted by Gasteiger charge is 2.33. The van der Waals surface area contributed by atoms with E-state index >= 15 is 0 Å². The number of nitrogens with one attached hydrogen (secondary N) is 2. The van der Waals surface area contributed by atoms with Crippen molar-refractivity contribution in [3.8, 4) is 0 Å². The zero-order chi connectivity index (χ0) is 20.9. The van der Waals surface area contributed by atoms with E-state index in [0.717, 1.165) is 46.5 Å². The average molecular weight is 552 g/mol. The van der Waals surface area contributed by atoms with Gasteiger partial charge >= 0.3 is 6.18 Å². The Morgan fingerprint density at radius 1 is 1.17 bits per heavy atom. The first-order chi connectivity index (χ1) is 13.9. The molecule has 0 bridgehead atoms. The molecular formula is C19H24F3IN6S. The molecule has 3 aromatic rings. The summed E-state index contributed by atoms with van der Waals surface area (Å²) < 4.78 is 39.9. The summed E-state index contributed by atoms with van der Waals surface area (Å²) in [5, 5.41) is 7.82. The summed E-state index contributed by atoms with van der Waals surface area (Å²) in [7, 11) is 1.66. The number of thiazole rings is 1. The van der Waals surface area contributed by atoms with E-state index in [9.17, 15) is 13.2 Å². The smallest absolute Gasteiger partial charge is 0.356 e. The van der Waals surface area contributed by atoms with Crippen molar-refractivity contribution in [2.24, 2.45) is 4.99 Å². The fourth-order valence-corrected chi connectivity index (χ4v) is 3.79. The third-order valence-corrected chi connectivity index (χ3v) is 5.30. The Hall–Kier alpha value is -1.89. The van der Waals surface area contributed by atoms with Gasteiger partial charge in [-0.3, -0.25) is 4.99 Å². The second kappa shape index (κ2) is 10.9. The number of imidazole rings is 1. The molecule has 3 rings (SSSR count). The molecule has 1 aromatic carbocycles. The average Bonchev–Trinajstić information content (AvgIpc) is 3.28. The van der Waals surface area contributed by atoms with Crippen LogP contribution in [0.15, 0.2) is 34.6 Å². The second-order valence-corrected chi connectivity index (χ2v) is 7.40. The summed E-state index contributed by atoms with van der Waals surface area (Å²) in [6.45, 7) is 3.99. The van der Waals surface area contributed by atoms with Crippen molar-refractivity contribution in [3.63, 3.8) is 0 Å². The minimum Gasteiger partial charge on any atom is -0.356 e. The van der Waals surface area contributed by atoms with Crippen molar-refractivity contribution >= 4 is 52.3 Å². The number of aromatic nitrogens is 3. The Morgan fingerprint density at radius 3 is 2.60 bits per heavy atom. The summed E-state index contributed by atoms with van der Waals surface area (Å²) in [5.41, 5.74) is 1.28. The Labute approximate surface area is 194 Å². The summed E-state index contributed by atoms with van der Waals surface area (Å²) in [6.07, 6.45) is -3.11. The van der Waals surface area contributed by atoms with Crippen LogP contribution in [-0.4, -0.2) is 40.6 Å². The maximum Gasteiger partial charge on any atom is 0.434 e. The van der Waals surface area contributed by atoms with Crippen LogP contribution in [0.5, 0.6) is 0 Å². The van der Waals surface area contributed by atoms with Crippen LogP contribution in [0.2, 0.25) is 0 Å². The first-order valence-electron chi connectivity index (χ1n) is 9.26. The van der Waals surface area contributed by atoms with Crippen molar-refractivity contribution in [1.29, 1.82) is 0 Å². The van der Waals surface area contributed by atoms with Crippen LogP contribution in [0.3, 0.4) is 0 Å². The van der Waals surface area contributed by atoms with E-state index in [1.165, 1.54) is 0 Å². The fraction of sp³-hybridized carbons (Fsp3) is 0.421. The van der Waals surface area contributed by atoms with Gasteiger partial charge in [-0.25, -0.2) is 9.97 Å². The second-order valence-electron chi connectivity index (χ2n) is 6.45. The van der Waals surface area contributed by atoms with Crippen LogP contribution in [0.25, 0.3) is 11.0 Å². The molecule has 0 fully saturated rings. The lowest BCUT2D eigenvalue weighted by Gasteiger charge is -2.12. The van der Waals surface area contributed by atoms with Crippen LogP contribution in [0.1, 0.15) is 22.9 Å². The predicted molar refractivity (Wildman–Crippen MR) is 125 cm³/mol. The van der Waals surface area contributed by atoms with Crippen LogP contribution in [-0.2, 0) is 19.1 Å². The Kier molecular flexibility index (Phi) is 8.89. The Bertz CT molecular complexity index is 982. The summed E-state index contributed by atoms with van der Waals surface area (Å²) in [4.78, 5) is 12.3. The van der Waals surface area contributed by atoms with Gasteiger partial charge in [0.05, 0.1) is 16.0 Å². The largest absolute Gasteiger partial charge is 0.434 e. The van der Waals surface area contributed by atoms with Crippen molar-refractivity contribution in [2.75, 3.05) is 20.1 Å². The molecule has 2 N–H and O–H groups in total. The highest BCUT2D eigenvalue weighted by Crippen LogP contribution is 2.30. The lowest BCUT2D eigenvalue weighted by atomic mass is 10.3. The van der Waals surface area contributed by atoms with Crippen molar-refractivity contribution in [3.05, 3.63) is 46.2 Å². The highest BCUT2D eigenvalue weighted by molar-refractivity contribution is 14.0. The van der Waals surface area contributed by atoms with Crippen molar-refractivity contribution in [1.82, 2.24) is 25.2 Å². The van der Waals surface area contributed by atoms with Crippen LogP contribution in [0.4, 0.5) is 13.2 Å². The minimum absolute atomic E-state index is 0. The number of hydrogen-bond acceptors (Lipinski definition) is 4. The van der Waals surface area contributed by atoms with Gasteiger partial charge in [0.1, 0.15) is 5.82 Å². The molecule has 2 aromatic heterocycles. The van der Waals surface area contributed by atoms with Crippen LogP contribution >= 0.6 is 35.3 Å². The first-order valence-corrected chi connectivity index (χ1v) is 10.1. The number of benzene rings is 1. The van der Waals surface area contributed by atoms with Gasteiger partial charge in [-0.2, -0.15) is 13.2 Å². The number of aryl methyl sites for hydroxylation is 2. The number of guanidine groups is 1. The van der Waals surface area contributed by atoms with E-state index in [1.54, 1.807) is 7.05 Å². The van der Waals surface area contributed by atoms with Gasteiger partial charge in [0, 0.05) is 38.5 Å². The molecular weight excluding hydrogens is 528 g/mol. The maximum atomic E-state index is 12.6. The maximum absolute atomic E-state index is 12.6. The number of nitrogens with zero attached hydrogens (tertiary/aromatic N) is 4. The monoisotopic (exact) mass is 552 g/mol. The van der Waals surface area contributed by atoms with Gasteiger partial charge in [-0.1, -0.05) is 12.1 Å². The fourth-order valence-electron chi connectivity index (χ4n) is 2.99. The highest BCUT2D eigenvalue weighted by atomic mass is 127. The molecule has 11 heteroatoms. The molecule has 0 aliphatic rings. The zero-order valence-electron chi connectivity index (χ0n) is 16.7. The van der Waals surface area contributed by atoms with Gasteiger partial charge in [0.25, 0.3) is 0 Å². The van der Waals surface area contributed by atoms with Crippen LogP contribution < -0.4 is 10.6 Å². The van der Waals surface area contributed by atoms with Gasteiger partial charge in [0.2, 0.25) is 0 Å². The predicted octanol–water partition coefficient (Wildman–Crippen LogP) is 4.24. The lowest BCUT2D eigenvalue weighted by molar-refractivity contribution is -0.140. The first kappa shape index (κ1) is 24.4. The molecule has 0 saturated carbocycles. The molecule has 30 heavy (non-hydrogen) atoms. The van der Waals surface area contributed by atoms with E-state index < -0.39 is 11.9 Å². The van der Waals surface area contributed by atoms with Crippen molar-refractivity contribution < 1.29 is 13.2 Å². The molecule has 0 unspecified atom stereocenters. The Balaban J connectivity index is 0.00000320. The molecule has 2 heterocycles. The quantitative estimate of drug-likeness (QED) is 0.199. The van der Waals surface area contributed by atoms with E-state index in [0.29, 0.717) is 30.5 Å². The number of halogens is 4. The number of rotatable bonds is 7. The SMILES string of the molecule is CN=C(NCCCn1c(C)nc2ccccc21)NCCc1nc(C(F)(F)F)cs1.I. The molecule has 164 valence electrons. The van der Waals surface area contributed by atoms with Gasteiger partial charge in [-0.05, 0) is 25.5 Å². The molecule has 0 amide bonds. The van der Waals surface area contributed by atoms with E-state index in [-0.39, 0.29) is 24.0 Å². The van der Waals surface area contributed by atoms with E-state index in [2.05, 4.69) is 36.2 Å². The van der Waals surface area contributed by atoms with Gasteiger partial charge in [0.15, 0.2) is 11.7 Å². The molecule has 0 radical (unpaired) electrons. The molecule has 0 spiro atoms. The number of alkyl halides is 3. The minimum atomic E-state index is -4.39. The summed E-state index contributed by atoms with van der Waals surface area (Å²) in [6, 6.07) is 8.05. The Morgan fingerprint density at radius 2 is 1.90 bits per heavy atom.